The van der Waals surface area contributed by atoms with E-state index in [-0.39, 0.29) is 6.04 Å². The van der Waals surface area contributed by atoms with Crippen molar-refractivity contribution < 1.29 is 0 Å². The SMILES string of the molecule is C1=C(c2ccccc2)CC(N2c3ccccc3C3CCC(c4nc(-c5ccccc5)cc(-c5cccc(-c6ccccc6)c5)n4)=CC32)C2Sc3ccccc3C12. The van der Waals surface area contributed by atoms with Crippen molar-refractivity contribution in [3.05, 3.63) is 205 Å². The molecular formula is C52H41N3S. The van der Waals surface area contributed by atoms with Gasteiger partial charge in [-0.1, -0.05) is 158 Å². The Morgan fingerprint density at radius 1 is 0.518 bits per heavy atom. The van der Waals surface area contributed by atoms with E-state index in [0.717, 1.165) is 47.6 Å². The monoisotopic (exact) mass is 739 g/mol. The molecule has 7 aromatic rings. The summed E-state index contributed by atoms with van der Waals surface area (Å²) in [6.07, 6.45) is 8.17. The third kappa shape index (κ3) is 5.83. The molecule has 270 valence electrons. The predicted octanol–water partition coefficient (Wildman–Crippen LogP) is 12.7. The van der Waals surface area contributed by atoms with Crippen molar-refractivity contribution in [1.82, 2.24) is 9.97 Å². The number of hydrogen-bond acceptors (Lipinski definition) is 4. The third-order valence-corrected chi connectivity index (χ3v) is 13.9. The molecule has 2 aliphatic heterocycles. The minimum Gasteiger partial charge on any atom is -0.360 e. The van der Waals surface area contributed by atoms with E-state index in [1.54, 1.807) is 0 Å². The second kappa shape index (κ2) is 14.0. The number of benzene rings is 6. The second-order valence-electron chi connectivity index (χ2n) is 15.5. The highest BCUT2D eigenvalue weighted by Crippen LogP contribution is 2.57. The maximum absolute atomic E-state index is 5.41. The average Bonchev–Trinajstić information content (AvgIpc) is 3.82. The van der Waals surface area contributed by atoms with Gasteiger partial charge in [-0.25, -0.2) is 9.97 Å². The summed E-state index contributed by atoms with van der Waals surface area (Å²) in [6.45, 7) is 0. The van der Waals surface area contributed by atoms with Crippen LogP contribution in [0.25, 0.3) is 44.8 Å². The highest BCUT2D eigenvalue weighted by atomic mass is 32.2. The molecule has 5 atom stereocenters. The quantitative estimate of drug-likeness (QED) is 0.170. The Kier molecular flexibility index (Phi) is 8.32. The van der Waals surface area contributed by atoms with Crippen LogP contribution in [0.1, 0.15) is 53.6 Å². The van der Waals surface area contributed by atoms with E-state index in [4.69, 9.17) is 9.97 Å². The van der Waals surface area contributed by atoms with Crippen LogP contribution in [0.3, 0.4) is 0 Å². The van der Waals surface area contributed by atoms with Gasteiger partial charge in [0.15, 0.2) is 5.82 Å². The average molecular weight is 740 g/mol. The highest BCUT2D eigenvalue weighted by molar-refractivity contribution is 8.00. The molecular weight excluding hydrogens is 699 g/mol. The lowest BCUT2D eigenvalue weighted by Gasteiger charge is -2.44. The highest BCUT2D eigenvalue weighted by Gasteiger charge is 2.49. The largest absolute Gasteiger partial charge is 0.360 e. The van der Waals surface area contributed by atoms with Crippen LogP contribution in [0.15, 0.2) is 187 Å². The lowest BCUT2D eigenvalue weighted by atomic mass is 9.78. The molecule has 3 nitrogen and oxygen atoms in total. The predicted molar refractivity (Wildman–Crippen MR) is 233 cm³/mol. The number of para-hydroxylation sites is 1. The van der Waals surface area contributed by atoms with Crippen LogP contribution in [0, 0.1) is 0 Å². The standard InChI is InChI=1S/C52H41N3S/c1-4-15-34(16-5-1)37-21-14-22-38(29-37)46-33-45(36-19-8-3-9-20-36)53-52(54-46)39-27-28-42-41-23-10-12-25-47(41)55(48(42)31-39)49-32-40(35-17-6-2-7-18-35)30-44-43-24-11-13-26-50(43)56-51(44)49/h1-26,29-31,33,42,44,48-49,51H,27-28,32H2. The Morgan fingerprint density at radius 3 is 1.93 bits per heavy atom. The third-order valence-electron chi connectivity index (χ3n) is 12.4. The summed E-state index contributed by atoms with van der Waals surface area (Å²) >= 11 is 2.09. The summed E-state index contributed by atoms with van der Waals surface area (Å²) in [5, 5.41) is 0.423. The molecule has 0 amide bonds. The molecule has 0 fully saturated rings. The van der Waals surface area contributed by atoms with Crippen molar-refractivity contribution >= 4 is 28.6 Å². The van der Waals surface area contributed by atoms with Crippen LogP contribution < -0.4 is 4.90 Å². The van der Waals surface area contributed by atoms with Crippen LogP contribution in [0.4, 0.5) is 5.69 Å². The van der Waals surface area contributed by atoms with Gasteiger partial charge in [0.25, 0.3) is 0 Å². The molecule has 2 aliphatic carbocycles. The molecule has 4 aliphatic rings. The first-order valence-corrected chi connectivity index (χ1v) is 20.8. The molecule has 6 aromatic carbocycles. The van der Waals surface area contributed by atoms with E-state index in [9.17, 15) is 0 Å². The van der Waals surface area contributed by atoms with Gasteiger partial charge in [0.1, 0.15) is 0 Å². The number of rotatable bonds is 6. The zero-order valence-electron chi connectivity index (χ0n) is 31.1. The van der Waals surface area contributed by atoms with E-state index in [2.05, 4.69) is 199 Å². The van der Waals surface area contributed by atoms with Gasteiger partial charge in [-0.3, -0.25) is 0 Å². The Hall–Kier alpha value is -5.97. The number of thioether (sulfide) groups is 1. The molecule has 3 heterocycles. The number of aromatic nitrogens is 2. The van der Waals surface area contributed by atoms with Gasteiger partial charge >= 0.3 is 0 Å². The van der Waals surface area contributed by atoms with Gasteiger partial charge in [0.05, 0.1) is 17.4 Å². The molecule has 0 N–H and O–H groups in total. The molecule has 0 spiro atoms. The second-order valence-corrected chi connectivity index (χ2v) is 16.8. The first kappa shape index (κ1) is 33.4. The number of hydrogen-bond donors (Lipinski definition) is 0. The number of nitrogens with zero attached hydrogens (tertiary/aromatic N) is 3. The first-order chi connectivity index (χ1) is 27.7. The van der Waals surface area contributed by atoms with Gasteiger partial charge in [-0.2, -0.15) is 0 Å². The Morgan fingerprint density at radius 2 is 1.14 bits per heavy atom. The van der Waals surface area contributed by atoms with Crippen LogP contribution in [-0.2, 0) is 0 Å². The first-order valence-electron chi connectivity index (χ1n) is 20.0. The van der Waals surface area contributed by atoms with Crippen LogP contribution in [0.5, 0.6) is 0 Å². The van der Waals surface area contributed by atoms with E-state index < -0.39 is 0 Å². The van der Waals surface area contributed by atoms with Gasteiger partial charge in [-0.05, 0) is 82.5 Å². The Bertz CT molecular complexity index is 2630. The fourth-order valence-corrected chi connectivity index (χ4v) is 11.3. The molecule has 56 heavy (non-hydrogen) atoms. The van der Waals surface area contributed by atoms with E-state index in [0.29, 0.717) is 23.1 Å². The molecule has 4 heteroatoms. The van der Waals surface area contributed by atoms with E-state index >= 15 is 0 Å². The number of allylic oxidation sites excluding steroid dienone is 2. The normalized spacial score (nSPS) is 22.0. The topological polar surface area (TPSA) is 29.0 Å². The minimum absolute atomic E-state index is 0.218. The minimum atomic E-state index is 0.218. The maximum Gasteiger partial charge on any atom is 0.156 e. The van der Waals surface area contributed by atoms with Crippen LogP contribution in [0.2, 0.25) is 0 Å². The Balaban J connectivity index is 1.03. The van der Waals surface area contributed by atoms with Crippen molar-refractivity contribution in [2.24, 2.45) is 0 Å². The van der Waals surface area contributed by atoms with Gasteiger partial charge in [0, 0.05) is 44.8 Å². The van der Waals surface area contributed by atoms with Crippen LogP contribution >= 0.6 is 11.8 Å². The summed E-state index contributed by atoms with van der Waals surface area (Å²) in [7, 11) is 0. The molecule has 0 saturated carbocycles. The lowest BCUT2D eigenvalue weighted by molar-refractivity contribution is 0.474. The maximum atomic E-state index is 5.41. The molecule has 11 rings (SSSR count). The van der Waals surface area contributed by atoms with Crippen LogP contribution in [-0.4, -0.2) is 27.3 Å². The number of anilines is 1. The fraction of sp³-hybridized carbons (Fsp3) is 0.154. The van der Waals surface area contributed by atoms with E-state index in [1.165, 1.54) is 49.5 Å². The van der Waals surface area contributed by atoms with Crippen molar-refractivity contribution in [2.75, 3.05) is 4.90 Å². The number of fused-ring (bicyclic) bond motifs is 6. The van der Waals surface area contributed by atoms with Crippen molar-refractivity contribution in [1.29, 1.82) is 0 Å². The van der Waals surface area contributed by atoms with Crippen molar-refractivity contribution in [3.8, 4) is 33.6 Å². The summed E-state index contributed by atoms with van der Waals surface area (Å²) in [4.78, 5) is 15.0. The lowest BCUT2D eigenvalue weighted by Crippen LogP contribution is -2.49. The smallest absolute Gasteiger partial charge is 0.156 e. The van der Waals surface area contributed by atoms with E-state index in [1.807, 2.05) is 0 Å². The zero-order valence-corrected chi connectivity index (χ0v) is 31.9. The Labute approximate surface area is 333 Å². The van der Waals surface area contributed by atoms with Gasteiger partial charge in [-0.15, -0.1) is 11.8 Å². The van der Waals surface area contributed by atoms with Gasteiger partial charge in [0.2, 0.25) is 0 Å². The molecule has 5 unspecified atom stereocenters. The van der Waals surface area contributed by atoms with Crippen molar-refractivity contribution in [2.45, 2.75) is 53.3 Å². The summed E-state index contributed by atoms with van der Waals surface area (Å²) in [6, 6.07) is 62.1. The molecule has 0 bridgehead atoms. The summed E-state index contributed by atoms with van der Waals surface area (Å²) in [5.74, 6) is 1.63. The summed E-state index contributed by atoms with van der Waals surface area (Å²) < 4.78 is 0. The molecule has 1 aromatic heterocycles. The zero-order chi connectivity index (χ0) is 37.0. The fourth-order valence-electron chi connectivity index (χ4n) is 9.78. The molecule has 0 saturated heterocycles. The molecule has 0 radical (unpaired) electrons. The van der Waals surface area contributed by atoms with Crippen molar-refractivity contribution in [3.63, 3.8) is 0 Å². The summed E-state index contributed by atoms with van der Waals surface area (Å²) in [5.41, 5.74) is 14.9. The van der Waals surface area contributed by atoms with Gasteiger partial charge < -0.3 is 4.90 Å².